The number of fused-ring (bicyclic) bond motifs is 1. The fourth-order valence-electron chi connectivity index (χ4n) is 2.22. The van der Waals surface area contributed by atoms with Crippen molar-refractivity contribution >= 4 is 32.6 Å². The van der Waals surface area contributed by atoms with Crippen molar-refractivity contribution in [2.75, 3.05) is 5.32 Å². The summed E-state index contributed by atoms with van der Waals surface area (Å²) in [4.78, 5) is 16.5. The maximum atomic E-state index is 12.0. The first-order chi connectivity index (χ1) is 10.2. The van der Waals surface area contributed by atoms with Gasteiger partial charge >= 0.3 is 0 Å². The Labute approximate surface area is 127 Å². The van der Waals surface area contributed by atoms with Gasteiger partial charge in [-0.3, -0.25) is 4.79 Å². The van der Waals surface area contributed by atoms with Crippen molar-refractivity contribution in [2.24, 2.45) is 0 Å². The summed E-state index contributed by atoms with van der Waals surface area (Å²) in [6, 6.07) is 16.1. The van der Waals surface area contributed by atoms with Crippen LogP contribution < -0.4 is 5.32 Å². The SMILES string of the molecule is Cc1cccc2sc(NC(=O)CCc3ccccc3)nc12. The van der Waals surface area contributed by atoms with E-state index in [2.05, 4.69) is 10.3 Å². The van der Waals surface area contributed by atoms with Crippen LogP contribution in [-0.2, 0) is 11.2 Å². The Kier molecular flexibility index (Phi) is 3.97. The Bertz CT molecular complexity index is 765. The van der Waals surface area contributed by atoms with Crippen molar-refractivity contribution in [3.8, 4) is 0 Å². The molecule has 1 aromatic heterocycles. The molecule has 0 radical (unpaired) electrons. The summed E-state index contributed by atoms with van der Waals surface area (Å²) >= 11 is 1.52. The van der Waals surface area contributed by atoms with Crippen molar-refractivity contribution in [1.29, 1.82) is 0 Å². The molecule has 0 aliphatic carbocycles. The van der Waals surface area contributed by atoms with Gasteiger partial charge in [-0.25, -0.2) is 4.98 Å². The molecule has 3 rings (SSSR count). The molecular weight excluding hydrogens is 280 g/mol. The minimum absolute atomic E-state index is 0.00978. The molecule has 0 aliphatic rings. The van der Waals surface area contributed by atoms with E-state index in [-0.39, 0.29) is 5.91 Å². The second kappa shape index (κ2) is 6.06. The summed E-state index contributed by atoms with van der Waals surface area (Å²) < 4.78 is 1.10. The van der Waals surface area contributed by atoms with Gasteiger partial charge in [-0.05, 0) is 30.5 Å². The van der Waals surface area contributed by atoms with E-state index < -0.39 is 0 Å². The summed E-state index contributed by atoms with van der Waals surface area (Å²) in [5.74, 6) is 0.00978. The van der Waals surface area contributed by atoms with Crippen LogP contribution in [0.5, 0.6) is 0 Å². The van der Waals surface area contributed by atoms with Crippen LogP contribution in [0.1, 0.15) is 17.5 Å². The quantitative estimate of drug-likeness (QED) is 0.785. The fourth-order valence-corrected chi connectivity index (χ4v) is 3.18. The third kappa shape index (κ3) is 3.28. The number of benzene rings is 2. The zero-order valence-corrected chi connectivity index (χ0v) is 12.6. The summed E-state index contributed by atoms with van der Waals surface area (Å²) in [7, 11) is 0. The lowest BCUT2D eigenvalue weighted by Gasteiger charge is -2.01. The second-order valence-electron chi connectivity index (χ2n) is 4.97. The Morgan fingerprint density at radius 3 is 2.71 bits per heavy atom. The van der Waals surface area contributed by atoms with Crippen LogP contribution >= 0.6 is 11.3 Å². The van der Waals surface area contributed by atoms with Gasteiger partial charge in [-0.15, -0.1) is 0 Å². The van der Waals surface area contributed by atoms with Crippen molar-refractivity contribution in [1.82, 2.24) is 4.98 Å². The minimum Gasteiger partial charge on any atom is -0.302 e. The molecule has 3 aromatic rings. The first-order valence-electron chi connectivity index (χ1n) is 6.92. The molecule has 4 heteroatoms. The molecule has 0 bridgehead atoms. The number of amides is 1. The van der Waals surface area contributed by atoms with Crippen LogP contribution in [0.2, 0.25) is 0 Å². The van der Waals surface area contributed by atoms with E-state index in [0.29, 0.717) is 11.6 Å². The van der Waals surface area contributed by atoms with E-state index in [1.165, 1.54) is 16.9 Å². The third-order valence-corrected chi connectivity index (χ3v) is 4.29. The first kappa shape index (κ1) is 13.8. The van der Waals surface area contributed by atoms with E-state index in [0.717, 1.165) is 22.2 Å². The molecule has 0 spiro atoms. The Morgan fingerprint density at radius 1 is 1.14 bits per heavy atom. The van der Waals surface area contributed by atoms with Gasteiger partial charge in [0.15, 0.2) is 5.13 Å². The molecular formula is C17H16N2OS. The number of anilines is 1. The Balaban J connectivity index is 1.65. The van der Waals surface area contributed by atoms with Crippen molar-refractivity contribution in [3.05, 3.63) is 59.7 Å². The van der Waals surface area contributed by atoms with E-state index in [4.69, 9.17) is 0 Å². The molecule has 21 heavy (non-hydrogen) atoms. The van der Waals surface area contributed by atoms with Gasteiger partial charge < -0.3 is 5.32 Å². The third-order valence-electron chi connectivity index (χ3n) is 3.35. The number of hydrogen-bond donors (Lipinski definition) is 1. The molecule has 3 nitrogen and oxygen atoms in total. The molecule has 0 saturated carbocycles. The zero-order valence-electron chi connectivity index (χ0n) is 11.8. The summed E-state index contributed by atoms with van der Waals surface area (Å²) in [6.07, 6.45) is 1.22. The number of nitrogens with zero attached hydrogens (tertiary/aromatic N) is 1. The van der Waals surface area contributed by atoms with Crippen LogP contribution in [-0.4, -0.2) is 10.9 Å². The monoisotopic (exact) mass is 296 g/mol. The van der Waals surface area contributed by atoms with Crippen LogP contribution in [0.25, 0.3) is 10.2 Å². The lowest BCUT2D eigenvalue weighted by molar-refractivity contribution is -0.116. The largest absolute Gasteiger partial charge is 0.302 e. The molecule has 0 fully saturated rings. The molecule has 106 valence electrons. The van der Waals surface area contributed by atoms with Crippen LogP contribution in [0, 0.1) is 6.92 Å². The number of nitrogens with one attached hydrogen (secondary N) is 1. The summed E-state index contributed by atoms with van der Waals surface area (Å²) in [6.45, 7) is 2.03. The first-order valence-corrected chi connectivity index (χ1v) is 7.74. The summed E-state index contributed by atoms with van der Waals surface area (Å²) in [5, 5.41) is 3.58. The normalized spacial score (nSPS) is 10.7. The number of para-hydroxylation sites is 1. The van der Waals surface area contributed by atoms with Crippen LogP contribution in [0.3, 0.4) is 0 Å². The molecule has 0 atom stereocenters. The van der Waals surface area contributed by atoms with Crippen molar-refractivity contribution in [2.45, 2.75) is 19.8 Å². The van der Waals surface area contributed by atoms with E-state index in [9.17, 15) is 4.79 Å². The molecule has 1 amide bonds. The molecule has 1 heterocycles. The number of rotatable bonds is 4. The maximum absolute atomic E-state index is 12.0. The lowest BCUT2D eigenvalue weighted by atomic mass is 10.1. The van der Waals surface area contributed by atoms with E-state index >= 15 is 0 Å². The fraction of sp³-hybridized carbons (Fsp3) is 0.176. The smallest absolute Gasteiger partial charge is 0.226 e. The van der Waals surface area contributed by atoms with E-state index in [1.54, 1.807) is 0 Å². The molecule has 2 aromatic carbocycles. The average Bonchev–Trinajstić information content (AvgIpc) is 2.90. The molecule has 0 saturated heterocycles. The summed E-state index contributed by atoms with van der Waals surface area (Å²) in [5.41, 5.74) is 3.28. The van der Waals surface area contributed by atoms with Gasteiger partial charge in [0.2, 0.25) is 5.91 Å². The van der Waals surface area contributed by atoms with Gasteiger partial charge in [0.05, 0.1) is 10.2 Å². The van der Waals surface area contributed by atoms with Gasteiger partial charge in [-0.2, -0.15) is 0 Å². The molecule has 0 aliphatic heterocycles. The second-order valence-corrected chi connectivity index (χ2v) is 6.01. The highest BCUT2D eigenvalue weighted by Gasteiger charge is 2.09. The number of carbonyl (C=O) groups is 1. The number of hydrogen-bond acceptors (Lipinski definition) is 3. The maximum Gasteiger partial charge on any atom is 0.226 e. The Hall–Kier alpha value is -2.20. The highest BCUT2D eigenvalue weighted by molar-refractivity contribution is 7.22. The average molecular weight is 296 g/mol. The van der Waals surface area contributed by atoms with Crippen molar-refractivity contribution in [3.63, 3.8) is 0 Å². The molecule has 1 N–H and O–H groups in total. The van der Waals surface area contributed by atoms with Gasteiger partial charge in [0, 0.05) is 6.42 Å². The van der Waals surface area contributed by atoms with E-state index in [1.807, 2.05) is 55.5 Å². The number of carbonyl (C=O) groups excluding carboxylic acids is 1. The molecule has 0 unspecified atom stereocenters. The van der Waals surface area contributed by atoms with Crippen LogP contribution in [0.4, 0.5) is 5.13 Å². The topological polar surface area (TPSA) is 42.0 Å². The highest BCUT2D eigenvalue weighted by Crippen LogP contribution is 2.27. The number of thiazole rings is 1. The predicted octanol–water partition coefficient (Wildman–Crippen LogP) is 4.18. The van der Waals surface area contributed by atoms with Gasteiger partial charge in [-0.1, -0.05) is 53.8 Å². The number of aromatic nitrogens is 1. The minimum atomic E-state index is 0.00978. The number of aryl methyl sites for hydroxylation is 2. The van der Waals surface area contributed by atoms with Crippen LogP contribution in [0.15, 0.2) is 48.5 Å². The Morgan fingerprint density at radius 2 is 1.95 bits per heavy atom. The predicted molar refractivity (Wildman–Crippen MR) is 87.7 cm³/mol. The van der Waals surface area contributed by atoms with Gasteiger partial charge in [0.25, 0.3) is 0 Å². The standard InChI is InChI=1S/C17H16N2OS/c1-12-6-5-9-14-16(12)19-17(21-14)18-15(20)11-10-13-7-3-2-4-8-13/h2-9H,10-11H2,1H3,(H,18,19,20). The zero-order chi connectivity index (χ0) is 14.7. The van der Waals surface area contributed by atoms with Gasteiger partial charge in [0.1, 0.15) is 0 Å². The lowest BCUT2D eigenvalue weighted by Crippen LogP contribution is -2.12. The highest BCUT2D eigenvalue weighted by atomic mass is 32.1. The van der Waals surface area contributed by atoms with Crippen molar-refractivity contribution < 1.29 is 4.79 Å².